The van der Waals surface area contributed by atoms with Gasteiger partial charge in [0, 0.05) is 18.7 Å². The summed E-state index contributed by atoms with van der Waals surface area (Å²) >= 11 is 0. The Morgan fingerprint density at radius 2 is 2.22 bits per heavy atom. The quantitative estimate of drug-likeness (QED) is 0.869. The Morgan fingerprint density at radius 3 is 2.83 bits per heavy atom. The molecule has 1 heterocycles. The Bertz CT molecular complexity index is 381. The molecule has 3 heteroatoms. The number of hydrogen-bond donors (Lipinski definition) is 1. The monoisotopic (exact) mass is 248 g/mol. The van der Waals surface area contributed by atoms with E-state index in [1.165, 1.54) is 12.0 Å². The molecular formula is C15H24N2O. The van der Waals surface area contributed by atoms with Crippen LogP contribution in [0.4, 0.5) is 0 Å². The second-order valence-electron chi connectivity index (χ2n) is 5.11. The van der Waals surface area contributed by atoms with E-state index in [9.17, 15) is 0 Å². The van der Waals surface area contributed by atoms with E-state index >= 15 is 0 Å². The average Bonchev–Trinajstić information content (AvgIpc) is 2.79. The van der Waals surface area contributed by atoms with Crippen LogP contribution in [0.2, 0.25) is 0 Å². The van der Waals surface area contributed by atoms with Crippen LogP contribution in [0.25, 0.3) is 0 Å². The molecule has 18 heavy (non-hydrogen) atoms. The lowest BCUT2D eigenvalue weighted by Crippen LogP contribution is -2.32. The van der Waals surface area contributed by atoms with E-state index in [0.717, 1.165) is 24.8 Å². The Balaban J connectivity index is 2.21. The summed E-state index contributed by atoms with van der Waals surface area (Å²) in [6.45, 7) is 7.96. The molecule has 0 saturated carbocycles. The highest BCUT2D eigenvalue weighted by molar-refractivity contribution is 5.36. The third-order valence-corrected chi connectivity index (χ3v) is 3.70. The Hall–Kier alpha value is -1.06. The smallest absolute Gasteiger partial charge is 0.124 e. The first-order chi connectivity index (χ1) is 8.76. The summed E-state index contributed by atoms with van der Waals surface area (Å²) in [7, 11) is 0. The zero-order valence-corrected chi connectivity index (χ0v) is 11.4. The van der Waals surface area contributed by atoms with Crippen molar-refractivity contribution in [1.29, 1.82) is 0 Å². The van der Waals surface area contributed by atoms with Gasteiger partial charge in [0.1, 0.15) is 5.75 Å². The van der Waals surface area contributed by atoms with E-state index in [4.69, 9.17) is 10.5 Å². The Kier molecular flexibility index (Phi) is 4.61. The summed E-state index contributed by atoms with van der Waals surface area (Å²) in [5.41, 5.74) is 7.23. The number of likely N-dealkylation sites (tertiary alicyclic amines) is 1. The van der Waals surface area contributed by atoms with Crippen molar-refractivity contribution in [2.24, 2.45) is 11.7 Å². The molecule has 1 saturated heterocycles. The number of nitrogens with two attached hydrogens (primary N) is 1. The SMILES string of the molecule is CCOc1ccccc1C(CN)N1CCC(C)C1. The number of ether oxygens (including phenoxy) is 1. The van der Waals surface area contributed by atoms with Crippen molar-refractivity contribution in [3.8, 4) is 5.75 Å². The fourth-order valence-corrected chi connectivity index (χ4v) is 2.77. The van der Waals surface area contributed by atoms with Crippen LogP contribution in [0, 0.1) is 5.92 Å². The molecule has 0 spiro atoms. The minimum atomic E-state index is 0.290. The second-order valence-corrected chi connectivity index (χ2v) is 5.11. The van der Waals surface area contributed by atoms with Crippen molar-refractivity contribution in [3.63, 3.8) is 0 Å². The third kappa shape index (κ3) is 2.85. The highest BCUT2D eigenvalue weighted by atomic mass is 16.5. The van der Waals surface area contributed by atoms with Gasteiger partial charge in [-0.1, -0.05) is 25.1 Å². The zero-order valence-electron chi connectivity index (χ0n) is 11.4. The third-order valence-electron chi connectivity index (χ3n) is 3.70. The molecule has 1 aromatic rings. The minimum absolute atomic E-state index is 0.290. The van der Waals surface area contributed by atoms with E-state index < -0.39 is 0 Å². The Morgan fingerprint density at radius 1 is 1.44 bits per heavy atom. The first-order valence-electron chi connectivity index (χ1n) is 6.92. The van der Waals surface area contributed by atoms with Crippen LogP contribution >= 0.6 is 0 Å². The molecular weight excluding hydrogens is 224 g/mol. The van der Waals surface area contributed by atoms with Gasteiger partial charge in [-0.15, -0.1) is 0 Å². The molecule has 1 fully saturated rings. The summed E-state index contributed by atoms with van der Waals surface area (Å²) in [6.07, 6.45) is 1.27. The van der Waals surface area contributed by atoms with Crippen molar-refractivity contribution in [1.82, 2.24) is 4.90 Å². The van der Waals surface area contributed by atoms with Crippen LogP contribution in [-0.2, 0) is 0 Å². The molecule has 2 rings (SSSR count). The average molecular weight is 248 g/mol. The van der Waals surface area contributed by atoms with Crippen molar-refractivity contribution in [2.45, 2.75) is 26.3 Å². The molecule has 1 aliphatic heterocycles. The highest BCUT2D eigenvalue weighted by Gasteiger charge is 2.27. The minimum Gasteiger partial charge on any atom is -0.494 e. The van der Waals surface area contributed by atoms with Gasteiger partial charge in [-0.2, -0.15) is 0 Å². The molecule has 0 amide bonds. The molecule has 0 aromatic heterocycles. The lowest BCUT2D eigenvalue weighted by Gasteiger charge is -2.28. The summed E-state index contributed by atoms with van der Waals surface area (Å²) < 4.78 is 5.72. The summed E-state index contributed by atoms with van der Waals surface area (Å²) in [5.74, 6) is 1.76. The maximum absolute atomic E-state index is 6.00. The fourth-order valence-electron chi connectivity index (χ4n) is 2.77. The van der Waals surface area contributed by atoms with E-state index in [1.54, 1.807) is 0 Å². The largest absolute Gasteiger partial charge is 0.494 e. The molecule has 1 aliphatic rings. The molecule has 0 radical (unpaired) electrons. The van der Waals surface area contributed by atoms with Gasteiger partial charge in [0.05, 0.1) is 12.6 Å². The molecule has 0 aliphatic carbocycles. The van der Waals surface area contributed by atoms with Crippen molar-refractivity contribution in [3.05, 3.63) is 29.8 Å². The first-order valence-corrected chi connectivity index (χ1v) is 6.92. The number of benzene rings is 1. The van der Waals surface area contributed by atoms with Crippen LogP contribution in [0.5, 0.6) is 5.75 Å². The van der Waals surface area contributed by atoms with Gasteiger partial charge in [0.2, 0.25) is 0 Å². The van der Waals surface area contributed by atoms with Gasteiger partial charge >= 0.3 is 0 Å². The maximum Gasteiger partial charge on any atom is 0.124 e. The normalized spacial score (nSPS) is 22.1. The van der Waals surface area contributed by atoms with Crippen LogP contribution in [0.3, 0.4) is 0 Å². The fraction of sp³-hybridized carbons (Fsp3) is 0.600. The summed E-state index contributed by atoms with van der Waals surface area (Å²) in [5, 5.41) is 0. The molecule has 2 N–H and O–H groups in total. The van der Waals surface area contributed by atoms with Gasteiger partial charge < -0.3 is 10.5 Å². The number of nitrogens with zero attached hydrogens (tertiary/aromatic N) is 1. The number of rotatable bonds is 5. The molecule has 1 aromatic carbocycles. The standard InChI is InChI=1S/C15H24N2O/c1-3-18-15-7-5-4-6-13(15)14(10-16)17-9-8-12(2)11-17/h4-7,12,14H,3,8-11,16H2,1-2H3. The van der Waals surface area contributed by atoms with Gasteiger partial charge in [0.15, 0.2) is 0 Å². The van der Waals surface area contributed by atoms with Crippen LogP contribution < -0.4 is 10.5 Å². The molecule has 100 valence electrons. The van der Waals surface area contributed by atoms with Crippen molar-refractivity contribution in [2.75, 3.05) is 26.2 Å². The number of hydrogen-bond acceptors (Lipinski definition) is 3. The maximum atomic E-state index is 6.00. The van der Waals surface area contributed by atoms with E-state index in [-0.39, 0.29) is 6.04 Å². The van der Waals surface area contributed by atoms with Gasteiger partial charge in [-0.3, -0.25) is 4.90 Å². The lowest BCUT2D eigenvalue weighted by atomic mass is 10.0. The van der Waals surface area contributed by atoms with Crippen LogP contribution in [0.1, 0.15) is 31.9 Å². The van der Waals surface area contributed by atoms with E-state index in [0.29, 0.717) is 13.2 Å². The second kappa shape index (κ2) is 6.21. The zero-order chi connectivity index (χ0) is 13.0. The first kappa shape index (κ1) is 13.4. The van der Waals surface area contributed by atoms with Crippen LogP contribution in [-0.4, -0.2) is 31.1 Å². The molecule has 2 unspecified atom stereocenters. The summed E-state index contributed by atoms with van der Waals surface area (Å²) in [4.78, 5) is 2.49. The Labute approximate surface area is 110 Å². The highest BCUT2D eigenvalue weighted by Crippen LogP contribution is 2.32. The van der Waals surface area contributed by atoms with E-state index in [2.05, 4.69) is 24.0 Å². The predicted octanol–water partition coefficient (Wildman–Crippen LogP) is 2.43. The molecule has 2 atom stereocenters. The molecule has 0 bridgehead atoms. The van der Waals surface area contributed by atoms with Crippen molar-refractivity contribution >= 4 is 0 Å². The predicted molar refractivity (Wildman–Crippen MR) is 74.8 cm³/mol. The van der Waals surface area contributed by atoms with Gasteiger partial charge in [-0.05, 0) is 31.9 Å². The summed E-state index contributed by atoms with van der Waals surface area (Å²) in [6, 6.07) is 8.57. The number of para-hydroxylation sites is 1. The van der Waals surface area contributed by atoms with E-state index in [1.807, 2.05) is 19.1 Å². The van der Waals surface area contributed by atoms with Crippen molar-refractivity contribution < 1.29 is 4.74 Å². The molecule has 3 nitrogen and oxygen atoms in total. The van der Waals surface area contributed by atoms with Gasteiger partial charge in [-0.25, -0.2) is 0 Å². The lowest BCUT2D eigenvalue weighted by molar-refractivity contribution is 0.234. The van der Waals surface area contributed by atoms with Gasteiger partial charge in [0.25, 0.3) is 0 Å². The topological polar surface area (TPSA) is 38.5 Å². The van der Waals surface area contributed by atoms with Crippen LogP contribution in [0.15, 0.2) is 24.3 Å².